The second-order valence-corrected chi connectivity index (χ2v) is 6.90. The maximum absolute atomic E-state index is 12.3. The van der Waals surface area contributed by atoms with Crippen LogP contribution < -0.4 is 5.43 Å². The lowest BCUT2D eigenvalue weighted by atomic mass is 10.1. The van der Waals surface area contributed by atoms with Crippen molar-refractivity contribution in [2.45, 2.75) is 13.0 Å². The Bertz CT molecular complexity index is 840. The van der Waals surface area contributed by atoms with Crippen LogP contribution >= 0.6 is 23.2 Å². The van der Waals surface area contributed by atoms with Gasteiger partial charge in [-0.05, 0) is 17.7 Å². The van der Waals surface area contributed by atoms with E-state index in [2.05, 4.69) is 10.5 Å². The van der Waals surface area contributed by atoms with Gasteiger partial charge in [0.15, 0.2) is 0 Å². The van der Waals surface area contributed by atoms with Crippen molar-refractivity contribution in [2.75, 3.05) is 6.54 Å². The molecular weight excluding hydrogens is 373 g/mol. The fourth-order valence-corrected chi connectivity index (χ4v) is 3.22. The molecule has 1 fully saturated rings. The number of hydrazone groups is 1. The van der Waals surface area contributed by atoms with Gasteiger partial charge in [0.25, 0.3) is 0 Å². The van der Waals surface area contributed by atoms with Gasteiger partial charge in [0.05, 0.1) is 17.2 Å². The lowest BCUT2D eigenvalue weighted by Crippen LogP contribution is -2.30. The molecule has 134 valence electrons. The summed E-state index contributed by atoms with van der Waals surface area (Å²) in [6.45, 7) is 0.893. The van der Waals surface area contributed by atoms with E-state index in [1.807, 2.05) is 30.3 Å². The Kier molecular flexibility index (Phi) is 5.91. The molecule has 3 rings (SSSR count). The zero-order valence-corrected chi connectivity index (χ0v) is 15.4. The predicted octanol–water partition coefficient (Wildman–Crippen LogP) is 3.49. The van der Waals surface area contributed by atoms with Crippen molar-refractivity contribution in [1.82, 2.24) is 10.3 Å². The summed E-state index contributed by atoms with van der Waals surface area (Å²) in [5, 5.41) is 4.90. The number of hydrogen-bond acceptors (Lipinski definition) is 3. The highest BCUT2D eigenvalue weighted by Gasteiger charge is 2.34. The molecule has 2 aromatic carbocycles. The van der Waals surface area contributed by atoms with Gasteiger partial charge >= 0.3 is 0 Å². The van der Waals surface area contributed by atoms with Gasteiger partial charge in [0.2, 0.25) is 11.8 Å². The highest BCUT2D eigenvalue weighted by Crippen LogP contribution is 2.21. The molecule has 1 aliphatic rings. The van der Waals surface area contributed by atoms with Gasteiger partial charge in [-0.3, -0.25) is 9.59 Å². The van der Waals surface area contributed by atoms with Gasteiger partial charge < -0.3 is 4.90 Å². The van der Waals surface area contributed by atoms with Gasteiger partial charge in [-0.1, -0.05) is 59.6 Å². The van der Waals surface area contributed by atoms with Crippen molar-refractivity contribution in [1.29, 1.82) is 0 Å². The number of amides is 2. The number of likely N-dealkylation sites (tertiary alicyclic amines) is 1. The summed E-state index contributed by atoms with van der Waals surface area (Å²) in [6.07, 6.45) is 1.64. The molecule has 1 aliphatic heterocycles. The summed E-state index contributed by atoms with van der Waals surface area (Å²) >= 11 is 11.9. The van der Waals surface area contributed by atoms with Crippen molar-refractivity contribution in [3.05, 3.63) is 69.7 Å². The number of hydrogen-bond donors (Lipinski definition) is 1. The van der Waals surface area contributed by atoms with Crippen LogP contribution in [0.4, 0.5) is 0 Å². The maximum atomic E-state index is 12.3. The fourth-order valence-electron chi connectivity index (χ4n) is 2.77. The number of carbonyl (C=O) groups is 2. The Morgan fingerprint density at radius 3 is 2.73 bits per heavy atom. The van der Waals surface area contributed by atoms with E-state index in [9.17, 15) is 9.59 Å². The van der Waals surface area contributed by atoms with Crippen molar-refractivity contribution in [3.8, 4) is 0 Å². The van der Waals surface area contributed by atoms with E-state index in [0.29, 0.717) is 28.7 Å². The van der Waals surface area contributed by atoms with E-state index in [4.69, 9.17) is 23.2 Å². The lowest BCUT2D eigenvalue weighted by molar-refractivity contribution is -0.129. The third-order valence-corrected chi connectivity index (χ3v) is 4.70. The molecule has 0 spiro atoms. The van der Waals surface area contributed by atoms with Crippen LogP contribution in [0.25, 0.3) is 0 Å². The van der Waals surface area contributed by atoms with Gasteiger partial charge in [-0.25, -0.2) is 5.43 Å². The van der Waals surface area contributed by atoms with Crippen molar-refractivity contribution >= 4 is 41.2 Å². The van der Waals surface area contributed by atoms with Crippen LogP contribution in [0.5, 0.6) is 0 Å². The first-order chi connectivity index (χ1) is 12.5. The number of nitrogens with zero attached hydrogens (tertiary/aromatic N) is 2. The molecule has 26 heavy (non-hydrogen) atoms. The van der Waals surface area contributed by atoms with Crippen LogP contribution in [0.2, 0.25) is 10.0 Å². The SMILES string of the molecule is O=C(N/N=C/c1ccc(Cl)cc1Cl)C1CC(=O)N(Cc2ccccc2)C1. The highest BCUT2D eigenvalue weighted by atomic mass is 35.5. The molecule has 7 heteroatoms. The van der Waals surface area contributed by atoms with Crippen molar-refractivity contribution in [3.63, 3.8) is 0 Å². The third kappa shape index (κ3) is 4.62. The van der Waals surface area contributed by atoms with E-state index in [-0.39, 0.29) is 18.2 Å². The summed E-state index contributed by atoms with van der Waals surface area (Å²) in [4.78, 5) is 26.1. The van der Waals surface area contributed by atoms with Crippen LogP contribution in [-0.2, 0) is 16.1 Å². The summed E-state index contributed by atoms with van der Waals surface area (Å²) in [6, 6.07) is 14.7. The van der Waals surface area contributed by atoms with E-state index in [1.54, 1.807) is 23.1 Å². The van der Waals surface area contributed by atoms with E-state index < -0.39 is 5.92 Å². The minimum absolute atomic E-state index is 0.0290. The van der Waals surface area contributed by atoms with Gasteiger partial charge in [0, 0.05) is 30.1 Å². The van der Waals surface area contributed by atoms with Crippen LogP contribution in [0.3, 0.4) is 0 Å². The number of carbonyl (C=O) groups excluding carboxylic acids is 2. The first kappa shape index (κ1) is 18.4. The molecule has 2 aromatic rings. The minimum Gasteiger partial charge on any atom is -0.338 e. The molecule has 0 aromatic heterocycles. The Morgan fingerprint density at radius 1 is 1.23 bits per heavy atom. The van der Waals surface area contributed by atoms with Gasteiger partial charge in [-0.15, -0.1) is 0 Å². The van der Waals surface area contributed by atoms with Crippen LogP contribution in [-0.4, -0.2) is 29.5 Å². The number of benzene rings is 2. The monoisotopic (exact) mass is 389 g/mol. The second kappa shape index (κ2) is 8.34. The smallest absolute Gasteiger partial charge is 0.245 e. The molecule has 1 saturated heterocycles. The summed E-state index contributed by atoms with van der Waals surface area (Å²) in [5.74, 6) is -0.724. The quantitative estimate of drug-likeness (QED) is 0.628. The zero-order chi connectivity index (χ0) is 18.5. The molecule has 0 bridgehead atoms. The molecule has 1 atom stereocenters. The first-order valence-corrected chi connectivity index (χ1v) is 8.88. The van der Waals surface area contributed by atoms with Crippen molar-refractivity contribution in [2.24, 2.45) is 11.0 Å². The van der Waals surface area contributed by atoms with Crippen LogP contribution in [0.15, 0.2) is 53.6 Å². The Labute approximate surface area is 161 Å². The third-order valence-electron chi connectivity index (χ3n) is 4.14. The summed E-state index contributed by atoms with van der Waals surface area (Å²) in [7, 11) is 0. The summed E-state index contributed by atoms with van der Waals surface area (Å²) < 4.78 is 0. The molecule has 2 amide bonds. The van der Waals surface area contributed by atoms with E-state index in [1.165, 1.54) is 6.21 Å². The largest absolute Gasteiger partial charge is 0.338 e. The van der Waals surface area contributed by atoms with Gasteiger partial charge in [-0.2, -0.15) is 5.10 Å². The second-order valence-electron chi connectivity index (χ2n) is 6.06. The molecule has 0 aliphatic carbocycles. The highest BCUT2D eigenvalue weighted by molar-refractivity contribution is 6.36. The minimum atomic E-state index is -0.413. The molecule has 1 unspecified atom stereocenters. The zero-order valence-electron chi connectivity index (χ0n) is 13.9. The van der Waals surface area contributed by atoms with Crippen molar-refractivity contribution < 1.29 is 9.59 Å². The predicted molar refractivity (Wildman–Crippen MR) is 102 cm³/mol. The topological polar surface area (TPSA) is 61.8 Å². The van der Waals surface area contributed by atoms with Gasteiger partial charge in [0.1, 0.15) is 0 Å². The van der Waals surface area contributed by atoms with Crippen LogP contribution in [0, 0.1) is 5.92 Å². The molecular formula is C19H17Cl2N3O2. The number of halogens is 2. The lowest BCUT2D eigenvalue weighted by Gasteiger charge is -2.16. The summed E-state index contributed by atoms with van der Waals surface area (Å²) in [5.41, 5.74) is 4.16. The fraction of sp³-hybridized carbons (Fsp3) is 0.211. The molecule has 0 saturated carbocycles. The average Bonchev–Trinajstić information content (AvgIpc) is 2.98. The average molecular weight is 390 g/mol. The molecule has 1 heterocycles. The standard InChI is InChI=1S/C19H17Cl2N3O2/c20-16-7-6-14(17(21)9-16)10-22-23-19(26)15-8-18(25)24(12-15)11-13-4-2-1-3-5-13/h1-7,9-10,15H,8,11-12H2,(H,23,26)/b22-10+. The maximum Gasteiger partial charge on any atom is 0.245 e. The van der Waals surface area contributed by atoms with Crippen LogP contribution in [0.1, 0.15) is 17.5 Å². The molecule has 1 N–H and O–H groups in total. The van der Waals surface area contributed by atoms with E-state index >= 15 is 0 Å². The van der Waals surface area contributed by atoms with E-state index in [0.717, 1.165) is 5.56 Å². The Morgan fingerprint density at radius 2 is 2.00 bits per heavy atom. The molecule has 0 radical (unpaired) electrons. The Balaban J connectivity index is 1.55. The Hall–Kier alpha value is -2.37. The number of nitrogens with one attached hydrogen (secondary N) is 1. The first-order valence-electron chi connectivity index (χ1n) is 8.12. The normalized spacial score (nSPS) is 17.1. The molecule has 5 nitrogen and oxygen atoms in total. The number of rotatable bonds is 5.